The summed E-state index contributed by atoms with van der Waals surface area (Å²) in [4.78, 5) is 0.724. The summed E-state index contributed by atoms with van der Waals surface area (Å²) in [6.07, 6.45) is 1.62. The molecule has 1 unspecified atom stereocenters. The zero-order chi connectivity index (χ0) is 11.4. The lowest BCUT2D eigenvalue weighted by Gasteiger charge is -2.11. The molecule has 0 bridgehead atoms. The van der Waals surface area contributed by atoms with Crippen molar-refractivity contribution in [2.24, 2.45) is 0 Å². The maximum Gasteiger partial charge on any atom is 0.123 e. The molecule has 0 N–H and O–H groups in total. The summed E-state index contributed by atoms with van der Waals surface area (Å²) in [5, 5.41) is 0. The number of alkyl halides is 2. The molecular formula is C10H12Cl2O2S. The van der Waals surface area contributed by atoms with Gasteiger partial charge in [0.05, 0.1) is 23.8 Å². The number of hydrogen-bond acceptors (Lipinski definition) is 2. The van der Waals surface area contributed by atoms with E-state index < -0.39 is 10.8 Å². The van der Waals surface area contributed by atoms with Crippen molar-refractivity contribution in [2.45, 2.75) is 16.7 Å². The molecule has 15 heavy (non-hydrogen) atoms. The van der Waals surface area contributed by atoms with Crippen molar-refractivity contribution < 1.29 is 8.95 Å². The molecule has 1 rings (SSSR count). The molecule has 84 valence electrons. The van der Waals surface area contributed by atoms with Gasteiger partial charge in [0, 0.05) is 22.6 Å². The highest BCUT2D eigenvalue weighted by Crippen LogP contribution is 2.27. The van der Waals surface area contributed by atoms with Crippen molar-refractivity contribution >= 4 is 34.0 Å². The van der Waals surface area contributed by atoms with Crippen molar-refractivity contribution in [3.8, 4) is 5.75 Å². The number of benzene rings is 1. The maximum absolute atomic E-state index is 11.5. The molecule has 2 nitrogen and oxygen atoms in total. The topological polar surface area (TPSA) is 26.3 Å². The fourth-order valence-corrected chi connectivity index (χ4v) is 2.63. The largest absolute Gasteiger partial charge is 0.496 e. The average Bonchev–Trinajstić information content (AvgIpc) is 2.26. The third-order valence-electron chi connectivity index (χ3n) is 2.06. The van der Waals surface area contributed by atoms with Crippen LogP contribution in [0.25, 0.3) is 0 Å². The molecule has 0 aliphatic heterocycles. The van der Waals surface area contributed by atoms with Gasteiger partial charge in [-0.2, -0.15) is 0 Å². The molecule has 1 atom stereocenters. The van der Waals surface area contributed by atoms with Crippen LogP contribution in [-0.2, 0) is 22.6 Å². The standard InChI is InChI=1S/C10H12Cl2O2S/c1-14-9-3-8(6-12)10(15(2)13)4-7(9)5-11/h3-4H,5-6H2,1-2H3. The minimum atomic E-state index is -1.06. The van der Waals surface area contributed by atoms with Gasteiger partial charge in [0.2, 0.25) is 0 Å². The molecule has 0 amide bonds. The van der Waals surface area contributed by atoms with Gasteiger partial charge in [0.15, 0.2) is 0 Å². The normalized spacial score (nSPS) is 12.5. The van der Waals surface area contributed by atoms with Crippen LogP contribution in [0.15, 0.2) is 17.0 Å². The summed E-state index contributed by atoms with van der Waals surface area (Å²) in [5.41, 5.74) is 1.65. The number of halogens is 2. The molecule has 5 heteroatoms. The predicted molar refractivity (Wildman–Crippen MR) is 64.4 cm³/mol. The summed E-state index contributed by atoms with van der Waals surface area (Å²) in [6.45, 7) is 0. The summed E-state index contributed by atoms with van der Waals surface area (Å²) in [5.74, 6) is 1.33. The summed E-state index contributed by atoms with van der Waals surface area (Å²) >= 11 is 11.5. The van der Waals surface area contributed by atoms with E-state index in [9.17, 15) is 4.21 Å². The molecule has 0 saturated carbocycles. The Morgan fingerprint density at radius 2 is 1.87 bits per heavy atom. The van der Waals surface area contributed by atoms with Crippen molar-refractivity contribution in [1.82, 2.24) is 0 Å². The Balaban J connectivity index is 3.34. The van der Waals surface area contributed by atoms with Crippen molar-refractivity contribution in [3.63, 3.8) is 0 Å². The van der Waals surface area contributed by atoms with E-state index in [1.165, 1.54) is 0 Å². The van der Waals surface area contributed by atoms with Gasteiger partial charge in [-0.3, -0.25) is 4.21 Å². The second-order valence-electron chi connectivity index (χ2n) is 2.99. The number of hydrogen-bond donors (Lipinski definition) is 0. The van der Waals surface area contributed by atoms with Gasteiger partial charge in [0.1, 0.15) is 5.75 Å². The van der Waals surface area contributed by atoms with Crippen molar-refractivity contribution in [3.05, 3.63) is 23.3 Å². The van der Waals surface area contributed by atoms with Crippen LogP contribution >= 0.6 is 23.2 Å². The Morgan fingerprint density at radius 1 is 1.27 bits per heavy atom. The summed E-state index contributed by atoms with van der Waals surface area (Å²) in [7, 11) is 0.514. The molecule has 0 aromatic heterocycles. The van der Waals surface area contributed by atoms with Gasteiger partial charge < -0.3 is 4.74 Å². The van der Waals surface area contributed by atoms with E-state index in [1.54, 1.807) is 25.5 Å². The highest BCUT2D eigenvalue weighted by Gasteiger charge is 2.11. The van der Waals surface area contributed by atoms with E-state index in [0.29, 0.717) is 17.5 Å². The zero-order valence-electron chi connectivity index (χ0n) is 8.55. The third kappa shape index (κ3) is 2.86. The summed E-state index contributed by atoms with van der Waals surface area (Å²) in [6, 6.07) is 3.58. The van der Waals surface area contributed by atoms with E-state index in [0.717, 1.165) is 16.0 Å². The molecule has 0 spiro atoms. The average molecular weight is 267 g/mol. The Labute approximate surface area is 102 Å². The smallest absolute Gasteiger partial charge is 0.123 e. The van der Waals surface area contributed by atoms with E-state index in [4.69, 9.17) is 27.9 Å². The third-order valence-corrected chi connectivity index (χ3v) is 3.64. The highest BCUT2D eigenvalue weighted by atomic mass is 35.5. The van der Waals surface area contributed by atoms with Crippen LogP contribution in [0.4, 0.5) is 0 Å². The molecule has 0 radical (unpaired) electrons. The fourth-order valence-electron chi connectivity index (χ4n) is 1.31. The van der Waals surface area contributed by atoms with Gasteiger partial charge in [-0.1, -0.05) is 0 Å². The Kier molecular flexibility index (Phi) is 4.90. The van der Waals surface area contributed by atoms with Crippen LogP contribution in [0.5, 0.6) is 5.75 Å². The molecule has 1 aromatic carbocycles. The number of methoxy groups -OCH3 is 1. The van der Waals surface area contributed by atoms with Crippen molar-refractivity contribution in [1.29, 1.82) is 0 Å². The lowest BCUT2D eigenvalue weighted by molar-refractivity contribution is 0.410. The van der Waals surface area contributed by atoms with Gasteiger partial charge in [-0.15, -0.1) is 23.2 Å². The van der Waals surface area contributed by atoms with Gasteiger partial charge in [0.25, 0.3) is 0 Å². The first-order valence-electron chi connectivity index (χ1n) is 4.29. The quantitative estimate of drug-likeness (QED) is 0.784. The van der Waals surface area contributed by atoms with Crippen molar-refractivity contribution in [2.75, 3.05) is 13.4 Å². The Hall–Kier alpha value is -0.250. The number of ether oxygens (including phenoxy) is 1. The van der Waals surface area contributed by atoms with Crippen LogP contribution in [-0.4, -0.2) is 17.6 Å². The van der Waals surface area contributed by atoms with Crippen LogP contribution in [0.1, 0.15) is 11.1 Å². The highest BCUT2D eigenvalue weighted by molar-refractivity contribution is 7.84. The van der Waals surface area contributed by atoms with Crippen LogP contribution < -0.4 is 4.74 Å². The molecule has 0 aliphatic rings. The Morgan fingerprint density at radius 3 is 2.27 bits per heavy atom. The molecule has 0 saturated heterocycles. The van der Waals surface area contributed by atoms with E-state index in [-0.39, 0.29) is 0 Å². The minimum Gasteiger partial charge on any atom is -0.496 e. The van der Waals surface area contributed by atoms with Crippen LogP contribution in [0, 0.1) is 0 Å². The SMILES string of the molecule is COc1cc(CCl)c(S(C)=O)cc1CCl. The van der Waals surface area contributed by atoms with Gasteiger partial charge in [-0.05, 0) is 17.7 Å². The lowest BCUT2D eigenvalue weighted by Crippen LogP contribution is -1.99. The second-order valence-corrected chi connectivity index (χ2v) is 4.88. The van der Waals surface area contributed by atoms with Gasteiger partial charge in [-0.25, -0.2) is 0 Å². The lowest BCUT2D eigenvalue weighted by atomic mass is 10.1. The maximum atomic E-state index is 11.5. The van der Waals surface area contributed by atoms with Crippen LogP contribution in [0.3, 0.4) is 0 Å². The minimum absolute atomic E-state index is 0.313. The van der Waals surface area contributed by atoms with Gasteiger partial charge >= 0.3 is 0 Å². The van der Waals surface area contributed by atoms with E-state index in [2.05, 4.69) is 0 Å². The summed E-state index contributed by atoms with van der Waals surface area (Å²) < 4.78 is 16.6. The first kappa shape index (κ1) is 12.8. The molecule has 1 aromatic rings. The van der Waals surface area contributed by atoms with E-state index in [1.807, 2.05) is 0 Å². The molecular weight excluding hydrogens is 255 g/mol. The molecule has 0 heterocycles. The monoisotopic (exact) mass is 266 g/mol. The zero-order valence-corrected chi connectivity index (χ0v) is 10.9. The van der Waals surface area contributed by atoms with E-state index >= 15 is 0 Å². The molecule has 0 fully saturated rings. The first-order valence-corrected chi connectivity index (χ1v) is 6.91. The molecule has 0 aliphatic carbocycles. The Bertz CT molecular complexity index is 380. The fraction of sp³-hybridized carbons (Fsp3) is 0.400. The number of rotatable bonds is 4. The predicted octanol–water partition coefficient (Wildman–Crippen LogP) is 2.91. The van der Waals surface area contributed by atoms with Crippen LogP contribution in [0.2, 0.25) is 0 Å². The first-order chi connectivity index (χ1) is 7.13. The second kappa shape index (κ2) is 5.73.